The van der Waals surface area contributed by atoms with Gasteiger partial charge in [-0.2, -0.15) is 0 Å². The van der Waals surface area contributed by atoms with Gasteiger partial charge in [-0.1, -0.05) is 36.0 Å². The molecule has 0 aromatic heterocycles. The Bertz CT molecular complexity index is 995. The number of rotatable bonds is 7. The van der Waals surface area contributed by atoms with Crippen molar-refractivity contribution in [2.45, 2.75) is 39.2 Å². The number of likely N-dealkylation sites (tertiary alicyclic amines) is 1. The quantitative estimate of drug-likeness (QED) is 0.460. The maximum atomic E-state index is 13.2. The average Bonchev–Trinajstić information content (AvgIpc) is 3.44. The van der Waals surface area contributed by atoms with E-state index >= 15 is 0 Å². The van der Waals surface area contributed by atoms with Gasteiger partial charge in [0.1, 0.15) is 6.61 Å². The summed E-state index contributed by atoms with van der Waals surface area (Å²) in [5, 5.41) is 2.78. The summed E-state index contributed by atoms with van der Waals surface area (Å²) < 4.78 is 10.5. The third-order valence-electron chi connectivity index (χ3n) is 6.02. The molecule has 3 aliphatic heterocycles. The second-order valence-corrected chi connectivity index (χ2v) is 8.98. The summed E-state index contributed by atoms with van der Waals surface area (Å²) in [7, 11) is 1.57. The first-order valence-electron chi connectivity index (χ1n) is 10.9. The molecule has 1 aromatic rings. The minimum atomic E-state index is -0.405. The van der Waals surface area contributed by atoms with Gasteiger partial charge in [-0.05, 0) is 43.2 Å². The number of hydrogen-bond acceptors (Lipinski definition) is 7. The molecule has 1 saturated heterocycles. The third kappa shape index (κ3) is 4.47. The highest BCUT2D eigenvalue weighted by Gasteiger charge is 2.42. The number of aliphatic imine (C=N–C) groups is 1. The van der Waals surface area contributed by atoms with Gasteiger partial charge in [0.2, 0.25) is 5.91 Å². The molecular formula is C24H29N3O4S. The maximum Gasteiger partial charge on any atom is 0.338 e. The van der Waals surface area contributed by atoms with Crippen LogP contribution in [0.25, 0.3) is 0 Å². The normalized spacial score (nSPS) is 20.3. The van der Waals surface area contributed by atoms with E-state index in [-0.39, 0.29) is 12.5 Å². The molecule has 0 bridgehead atoms. The topological polar surface area (TPSA) is 71.4 Å². The molecule has 0 N–H and O–H groups in total. The number of amidine groups is 1. The summed E-state index contributed by atoms with van der Waals surface area (Å²) >= 11 is 1.50. The summed E-state index contributed by atoms with van der Waals surface area (Å²) in [4.78, 5) is 34.8. The van der Waals surface area contributed by atoms with Gasteiger partial charge >= 0.3 is 5.97 Å². The van der Waals surface area contributed by atoms with E-state index in [1.165, 1.54) is 11.8 Å². The van der Waals surface area contributed by atoms with E-state index in [0.29, 0.717) is 24.3 Å². The van der Waals surface area contributed by atoms with E-state index in [9.17, 15) is 9.59 Å². The van der Waals surface area contributed by atoms with Crippen molar-refractivity contribution in [2.75, 3.05) is 33.4 Å². The molecule has 1 atom stereocenters. The number of carbonyl (C=O) groups excluding carboxylic acids is 2. The Hall–Kier alpha value is -2.58. The van der Waals surface area contributed by atoms with Crippen molar-refractivity contribution < 1.29 is 19.1 Å². The maximum absolute atomic E-state index is 13.2. The van der Waals surface area contributed by atoms with Crippen LogP contribution in [0.1, 0.15) is 43.4 Å². The van der Waals surface area contributed by atoms with Crippen LogP contribution >= 0.6 is 11.8 Å². The molecule has 0 saturated carbocycles. The van der Waals surface area contributed by atoms with Crippen LogP contribution in [-0.4, -0.2) is 60.3 Å². The Morgan fingerprint density at radius 3 is 2.62 bits per heavy atom. The fraction of sp³-hybridized carbons (Fsp3) is 0.458. The summed E-state index contributed by atoms with van der Waals surface area (Å²) in [6.45, 7) is 6.02. The number of fused-ring (bicyclic) bond motifs is 1. The van der Waals surface area contributed by atoms with Crippen LogP contribution in [0.15, 0.2) is 51.6 Å². The second kappa shape index (κ2) is 9.92. The van der Waals surface area contributed by atoms with Crippen LogP contribution in [0.4, 0.5) is 0 Å². The number of amides is 1. The Kier molecular flexibility index (Phi) is 7.01. The van der Waals surface area contributed by atoms with Crippen LogP contribution in [0.5, 0.6) is 0 Å². The van der Waals surface area contributed by atoms with Crippen molar-refractivity contribution >= 4 is 28.8 Å². The molecule has 0 spiro atoms. The van der Waals surface area contributed by atoms with Crippen molar-refractivity contribution in [2.24, 2.45) is 4.99 Å². The fourth-order valence-electron chi connectivity index (χ4n) is 4.35. The Morgan fingerprint density at radius 2 is 1.91 bits per heavy atom. The fourth-order valence-corrected chi connectivity index (χ4v) is 5.31. The van der Waals surface area contributed by atoms with Gasteiger partial charge in [0.25, 0.3) is 0 Å². The van der Waals surface area contributed by atoms with Crippen molar-refractivity contribution in [1.29, 1.82) is 0 Å². The first-order valence-corrected chi connectivity index (χ1v) is 11.8. The van der Waals surface area contributed by atoms with Gasteiger partial charge in [0.15, 0.2) is 5.17 Å². The van der Waals surface area contributed by atoms with E-state index in [4.69, 9.17) is 14.5 Å². The number of ether oxygens (including phenoxy) is 2. The third-order valence-corrected chi connectivity index (χ3v) is 6.90. The second-order valence-electron chi connectivity index (χ2n) is 8.14. The van der Waals surface area contributed by atoms with Gasteiger partial charge in [-0.3, -0.25) is 4.79 Å². The SMILES string of the molecule is COCCOC(=O)C1=C(C)N=C2SC=C(CC(=O)N3CCCC3)N2[C@@H]1c1ccccc1C. The van der Waals surface area contributed by atoms with Crippen LogP contribution in [0.3, 0.4) is 0 Å². The predicted octanol–water partition coefficient (Wildman–Crippen LogP) is 3.77. The summed E-state index contributed by atoms with van der Waals surface area (Å²) in [6.07, 6.45) is 2.40. The predicted molar refractivity (Wildman–Crippen MR) is 125 cm³/mol. The molecule has 170 valence electrons. The van der Waals surface area contributed by atoms with E-state index in [1.54, 1.807) is 7.11 Å². The number of hydrogen-bond donors (Lipinski definition) is 0. The largest absolute Gasteiger partial charge is 0.460 e. The van der Waals surface area contributed by atoms with Gasteiger partial charge in [-0.25, -0.2) is 9.79 Å². The van der Waals surface area contributed by atoms with Crippen molar-refractivity contribution in [3.63, 3.8) is 0 Å². The van der Waals surface area contributed by atoms with E-state index < -0.39 is 12.0 Å². The zero-order chi connectivity index (χ0) is 22.7. The number of carbonyl (C=O) groups is 2. The van der Waals surface area contributed by atoms with Crippen LogP contribution in [-0.2, 0) is 19.1 Å². The molecule has 0 unspecified atom stereocenters. The molecular weight excluding hydrogens is 426 g/mol. The molecule has 0 radical (unpaired) electrons. The van der Waals surface area contributed by atoms with Gasteiger partial charge in [0.05, 0.1) is 30.3 Å². The molecule has 1 amide bonds. The molecule has 32 heavy (non-hydrogen) atoms. The van der Waals surface area contributed by atoms with Crippen molar-refractivity contribution in [3.8, 4) is 0 Å². The molecule has 3 aliphatic rings. The van der Waals surface area contributed by atoms with E-state index in [1.807, 2.05) is 53.3 Å². The highest BCUT2D eigenvalue weighted by molar-refractivity contribution is 8.16. The average molecular weight is 456 g/mol. The molecule has 1 aromatic carbocycles. The summed E-state index contributed by atoms with van der Waals surface area (Å²) in [5.41, 5.74) is 4.07. The van der Waals surface area contributed by atoms with Gasteiger partial charge in [0, 0.05) is 25.9 Å². The Labute approximate surface area is 193 Å². The zero-order valence-electron chi connectivity index (χ0n) is 18.8. The number of methoxy groups -OCH3 is 1. The number of benzene rings is 1. The Balaban J connectivity index is 1.69. The highest BCUT2D eigenvalue weighted by Crippen LogP contribution is 2.45. The van der Waals surface area contributed by atoms with Crippen LogP contribution in [0, 0.1) is 6.92 Å². The zero-order valence-corrected chi connectivity index (χ0v) is 19.6. The summed E-state index contributed by atoms with van der Waals surface area (Å²) in [6, 6.07) is 7.62. The smallest absolute Gasteiger partial charge is 0.338 e. The highest BCUT2D eigenvalue weighted by atomic mass is 32.2. The van der Waals surface area contributed by atoms with E-state index in [0.717, 1.165) is 47.9 Å². The minimum Gasteiger partial charge on any atom is -0.460 e. The number of nitrogens with zero attached hydrogens (tertiary/aromatic N) is 3. The molecule has 8 heteroatoms. The lowest BCUT2D eigenvalue weighted by atomic mass is 9.91. The monoisotopic (exact) mass is 455 g/mol. The molecule has 4 rings (SSSR count). The van der Waals surface area contributed by atoms with Gasteiger partial charge < -0.3 is 19.3 Å². The number of thioether (sulfide) groups is 1. The Morgan fingerprint density at radius 1 is 1.16 bits per heavy atom. The molecule has 7 nitrogen and oxygen atoms in total. The lowest BCUT2D eigenvalue weighted by molar-refractivity contribution is -0.141. The number of allylic oxidation sites excluding steroid dienone is 1. The van der Waals surface area contributed by atoms with Crippen LogP contribution in [0.2, 0.25) is 0 Å². The van der Waals surface area contributed by atoms with E-state index in [2.05, 4.69) is 0 Å². The minimum absolute atomic E-state index is 0.120. The molecule has 1 fully saturated rings. The number of esters is 1. The molecule has 3 heterocycles. The first kappa shape index (κ1) is 22.6. The van der Waals surface area contributed by atoms with Crippen molar-refractivity contribution in [1.82, 2.24) is 9.80 Å². The van der Waals surface area contributed by atoms with Gasteiger partial charge in [-0.15, -0.1) is 0 Å². The first-order chi connectivity index (χ1) is 15.5. The lowest BCUT2D eigenvalue weighted by Crippen LogP contribution is -2.38. The standard InChI is InChI=1S/C24H29N3O4S/c1-16-8-4-5-9-19(16)22-21(23(29)31-13-12-30-3)17(2)25-24-27(22)18(15-32-24)14-20(28)26-10-6-7-11-26/h4-5,8-9,15,22H,6-7,10-14H2,1-3H3/t22-/m1/s1. The number of aryl methyl sites for hydroxylation is 1. The van der Waals surface area contributed by atoms with Crippen molar-refractivity contribution in [3.05, 3.63) is 57.8 Å². The van der Waals surface area contributed by atoms with Crippen LogP contribution < -0.4 is 0 Å². The molecule has 0 aliphatic carbocycles. The lowest BCUT2D eigenvalue weighted by Gasteiger charge is -2.37. The summed E-state index contributed by atoms with van der Waals surface area (Å²) in [5.74, 6) is -0.285.